The van der Waals surface area contributed by atoms with Gasteiger partial charge in [0, 0.05) is 19.8 Å². The van der Waals surface area contributed by atoms with Crippen molar-refractivity contribution >= 4 is 27.1 Å². The molecule has 9 nitrogen and oxygen atoms in total. The Morgan fingerprint density at radius 1 is 1.48 bits per heavy atom. The van der Waals surface area contributed by atoms with Crippen molar-refractivity contribution in [2.45, 2.75) is 0 Å². The molecule has 0 saturated heterocycles. The number of anilines is 1. The molecular weight excluding hydrogens is 300 g/mol. The fourth-order valence-corrected chi connectivity index (χ4v) is 2.24. The number of nitrogen functional groups attached to an aromatic ring is 1. The molecule has 0 atom stereocenters. The molecule has 1 aromatic rings. The molecule has 0 aliphatic heterocycles. The minimum Gasteiger partial charge on any atom is -0.340 e. The van der Waals surface area contributed by atoms with Crippen molar-refractivity contribution < 1.29 is 18.1 Å². The number of hydrogen-bond acceptors (Lipinski definition) is 7. The van der Waals surface area contributed by atoms with E-state index in [4.69, 9.17) is 5.84 Å². The van der Waals surface area contributed by atoms with Crippen LogP contribution in [0.1, 0.15) is 10.4 Å². The fraction of sp³-hybridized carbons (Fsp3) is 0.364. The zero-order valence-electron chi connectivity index (χ0n) is 11.6. The smallest absolute Gasteiger partial charge is 0.306 e. The second-order valence-corrected chi connectivity index (χ2v) is 6.72. The third kappa shape index (κ3) is 4.39. The monoisotopic (exact) mass is 316 g/mol. The normalized spacial score (nSPS) is 11.0. The number of carbonyl (C=O) groups is 1. The first-order valence-corrected chi connectivity index (χ1v) is 7.90. The molecule has 0 aromatic heterocycles. The maximum atomic E-state index is 12.2. The maximum absolute atomic E-state index is 12.2. The third-order valence-electron chi connectivity index (χ3n) is 2.75. The molecule has 0 unspecified atom stereocenters. The maximum Gasteiger partial charge on any atom is 0.306 e. The highest BCUT2D eigenvalue weighted by Gasteiger charge is 2.26. The van der Waals surface area contributed by atoms with Crippen molar-refractivity contribution in [3.63, 3.8) is 0 Å². The molecule has 1 rings (SSSR count). The van der Waals surface area contributed by atoms with Crippen molar-refractivity contribution in [2.75, 3.05) is 31.0 Å². The van der Waals surface area contributed by atoms with Crippen LogP contribution >= 0.6 is 0 Å². The summed E-state index contributed by atoms with van der Waals surface area (Å²) in [6.07, 6.45) is 1.05. The predicted molar refractivity (Wildman–Crippen MR) is 77.6 cm³/mol. The number of nitro benzene ring substituents is 1. The number of sulfone groups is 1. The quantitative estimate of drug-likeness (QED) is 0.428. The molecule has 0 fully saturated rings. The minimum absolute atomic E-state index is 0.00219. The van der Waals surface area contributed by atoms with E-state index in [9.17, 15) is 23.3 Å². The van der Waals surface area contributed by atoms with Crippen LogP contribution in [0.25, 0.3) is 0 Å². The average Bonchev–Trinajstić information content (AvgIpc) is 2.41. The second kappa shape index (κ2) is 6.50. The van der Waals surface area contributed by atoms with Crippen molar-refractivity contribution in [3.8, 4) is 0 Å². The van der Waals surface area contributed by atoms with Crippen LogP contribution in [0.2, 0.25) is 0 Å². The summed E-state index contributed by atoms with van der Waals surface area (Å²) in [5, 5.41) is 11.1. The molecule has 0 heterocycles. The van der Waals surface area contributed by atoms with Crippen LogP contribution in [-0.4, -0.2) is 49.7 Å². The van der Waals surface area contributed by atoms with Crippen molar-refractivity contribution in [2.24, 2.45) is 5.84 Å². The van der Waals surface area contributed by atoms with Gasteiger partial charge in [-0.15, -0.1) is 0 Å². The van der Waals surface area contributed by atoms with Crippen LogP contribution in [0.3, 0.4) is 0 Å². The third-order valence-corrected chi connectivity index (χ3v) is 3.67. The highest BCUT2D eigenvalue weighted by atomic mass is 32.2. The van der Waals surface area contributed by atoms with Gasteiger partial charge in [-0.1, -0.05) is 6.07 Å². The van der Waals surface area contributed by atoms with E-state index in [1.165, 1.54) is 25.2 Å². The van der Waals surface area contributed by atoms with E-state index in [0.29, 0.717) is 0 Å². The Balaban J connectivity index is 3.10. The number of carbonyl (C=O) groups excluding carboxylic acids is 1. The lowest BCUT2D eigenvalue weighted by atomic mass is 10.1. The standard InChI is InChI=1S/C11H16N4O5S/c1-14(6-7-21(2,19)20)11(16)8-4-3-5-9(13-12)10(8)15(17)18/h3-5,13H,6-7,12H2,1-2H3. The number of nitrogens with zero attached hydrogens (tertiary/aromatic N) is 2. The zero-order chi connectivity index (χ0) is 16.2. The summed E-state index contributed by atoms with van der Waals surface area (Å²) >= 11 is 0. The highest BCUT2D eigenvalue weighted by Crippen LogP contribution is 2.28. The van der Waals surface area contributed by atoms with Crippen LogP contribution < -0.4 is 11.3 Å². The van der Waals surface area contributed by atoms with Gasteiger partial charge in [-0.25, -0.2) is 8.42 Å². The Hall–Kier alpha value is -2.20. The van der Waals surface area contributed by atoms with E-state index < -0.39 is 26.4 Å². The van der Waals surface area contributed by atoms with E-state index in [-0.39, 0.29) is 23.5 Å². The minimum atomic E-state index is -3.23. The van der Waals surface area contributed by atoms with Crippen molar-refractivity contribution in [1.82, 2.24) is 4.90 Å². The molecule has 1 amide bonds. The van der Waals surface area contributed by atoms with Crippen LogP contribution in [0.4, 0.5) is 11.4 Å². The summed E-state index contributed by atoms with van der Waals surface area (Å²) in [7, 11) is -1.86. The first-order chi connectivity index (χ1) is 9.67. The van der Waals surface area contributed by atoms with Gasteiger partial charge in [-0.3, -0.25) is 20.8 Å². The van der Waals surface area contributed by atoms with E-state index in [2.05, 4.69) is 5.43 Å². The van der Waals surface area contributed by atoms with Gasteiger partial charge in [-0.05, 0) is 12.1 Å². The summed E-state index contributed by atoms with van der Waals surface area (Å²) in [6, 6.07) is 4.10. The number of amides is 1. The molecule has 3 N–H and O–H groups in total. The Morgan fingerprint density at radius 3 is 2.57 bits per heavy atom. The van der Waals surface area contributed by atoms with Crippen LogP contribution in [-0.2, 0) is 9.84 Å². The van der Waals surface area contributed by atoms with Gasteiger partial charge in [0.05, 0.1) is 10.7 Å². The molecular formula is C11H16N4O5S. The fourth-order valence-electron chi connectivity index (χ4n) is 1.64. The van der Waals surface area contributed by atoms with Gasteiger partial charge in [0.25, 0.3) is 5.91 Å². The Kier molecular flexibility index (Phi) is 5.22. The lowest BCUT2D eigenvalue weighted by Crippen LogP contribution is -2.32. The molecule has 0 spiro atoms. The van der Waals surface area contributed by atoms with E-state index in [1.807, 2.05) is 0 Å². The first kappa shape index (κ1) is 16.9. The molecule has 0 saturated carbocycles. The van der Waals surface area contributed by atoms with Crippen LogP contribution in [0, 0.1) is 10.1 Å². The number of benzene rings is 1. The molecule has 0 aliphatic carbocycles. The number of nitrogens with one attached hydrogen (secondary N) is 1. The van der Waals surface area contributed by atoms with Gasteiger partial charge < -0.3 is 10.3 Å². The molecule has 0 aliphatic rings. The van der Waals surface area contributed by atoms with Gasteiger partial charge in [0.2, 0.25) is 0 Å². The summed E-state index contributed by atoms with van der Waals surface area (Å²) in [4.78, 5) is 23.7. The van der Waals surface area contributed by atoms with Crippen LogP contribution in [0.15, 0.2) is 18.2 Å². The van der Waals surface area contributed by atoms with E-state index in [1.54, 1.807) is 0 Å². The Labute approximate surface area is 121 Å². The summed E-state index contributed by atoms with van der Waals surface area (Å²) < 4.78 is 22.2. The largest absolute Gasteiger partial charge is 0.340 e. The van der Waals surface area contributed by atoms with Gasteiger partial charge >= 0.3 is 5.69 Å². The van der Waals surface area contributed by atoms with Gasteiger partial charge in [0.15, 0.2) is 0 Å². The predicted octanol–water partition coefficient (Wildman–Crippen LogP) is -0.00300. The number of nitrogens with two attached hydrogens (primary N) is 1. The molecule has 1 aromatic carbocycles. The molecule has 116 valence electrons. The molecule has 10 heteroatoms. The Morgan fingerprint density at radius 2 is 2.10 bits per heavy atom. The summed E-state index contributed by atoms with van der Waals surface area (Å²) in [5.41, 5.74) is 1.55. The lowest BCUT2D eigenvalue weighted by Gasteiger charge is -2.17. The number of hydrogen-bond donors (Lipinski definition) is 2. The Bertz CT molecular complexity index is 659. The van der Waals surface area contributed by atoms with Gasteiger partial charge in [0.1, 0.15) is 21.1 Å². The van der Waals surface area contributed by atoms with Crippen molar-refractivity contribution in [1.29, 1.82) is 0 Å². The number of nitro groups is 1. The molecule has 21 heavy (non-hydrogen) atoms. The van der Waals surface area contributed by atoms with Crippen molar-refractivity contribution in [3.05, 3.63) is 33.9 Å². The molecule has 0 bridgehead atoms. The number of hydrazine groups is 1. The van der Waals surface area contributed by atoms with Crippen LogP contribution in [0.5, 0.6) is 0 Å². The lowest BCUT2D eigenvalue weighted by molar-refractivity contribution is -0.384. The SMILES string of the molecule is CN(CCS(C)(=O)=O)C(=O)c1cccc(NN)c1[N+](=O)[O-]. The molecule has 0 radical (unpaired) electrons. The first-order valence-electron chi connectivity index (χ1n) is 5.84. The number of rotatable bonds is 6. The van der Waals surface area contributed by atoms with Gasteiger partial charge in [-0.2, -0.15) is 0 Å². The summed E-state index contributed by atoms with van der Waals surface area (Å²) in [6.45, 7) is -0.0604. The van der Waals surface area contributed by atoms with E-state index in [0.717, 1.165) is 11.2 Å². The van der Waals surface area contributed by atoms with E-state index >= 15 is 0 Å². The summed E-state index contributed by atoms with van der Waals surface area (Å²) in [5.74, 6) is 4.32. The average molecular weight is 316 g/mol. The highest BCUT2D eigenvalue weighted by molar-refractivity contribution is 7.90. The zero-order valence-corrected chi connectivity index (χ0v) is 12.4. The second-order valence-electron chi connectivity index (χ2n) is 4.46. The number of para-hydroxylation sites is 1. The topological polar surface area (TPSA) is 136 Å².